The minimum absolute atomic E-state index is 0.0753. The lowest BCUT2D eigenvalue weighted by molar-refractivity contribution is -0.141. The number of hydrogen-bond acceptors (Lipinski definition) is 5. The van der Waals surface area contributed by atoms with Crippen LogP contribution in [0, 0.1) is 5.92 Å². The Balaban J connectivity index is 2.24. The van der Waals surface area contributed by atoms with Crippen molar-refractivity contribution in [2.45, 2.75) is 33.3 Å². The van der Waals surface area contributed by atoms with Gasteiger partial charge in [0.15, 0.2) is 11.9 Å². The molecular weight excluding hydrogens is 352 g/mol. The normalized spacial score (nSPS) is 16.7. The topological polar surface area (TPSA) is 105 Å². The Morgan fingerprint density at radius 2 is 2.15 bits per heavy atom. The molecule has 0 fully saturated rings. The van der Waals surface area contributed by atoms with Gasteiger partial charge in [-0.3, -0.25) is 14.4 Å². The van der Waals surface area contributed by atoms with Crippen LogP contribution in [0.2, 0.25) is 0 Å². The van der Waals surface area contributed by atoms with Crippen molar-refractivity contribution in [1.82, 2.24) is 4.90 Å². The van der Waals surface area contributed by atoms with Gasteiger partial charge >= 0.3 is 5.97 Å². The first-order valence-electron chi connectivity index (χ1n) is 9.05. The second-order valence-corrected chi connectivity index (χ2v) is 6.47. The van der Waals surface area contributed by atoms with Gasteiger partial charge in [0, 0.05) is 26.3 Å². The zero-order valence-electron chi connectivity index (χ0n) is 15.9. The first-order chi connectivity index (χ1) is 12.8. The predicted molar refractivity (Wildman–Crippen MR) is 99.0 cm³/mol. The Hall–Kier alpha value is -2.61. The van der Waals surface area contributed by atoms with Crippen molar-refractivity contribution in [1.29, 1.82) is 0 Å². The van der Waals surface area contributed by atoms with E-state index in [1.807, 2.05) is 6.92 Å². The summed E-state index contributed by atoms with van der Waals surface area (Å²) in [5, 5.41) is 11.9. The van der Waals surface area contributed by atoms with Crippen LogP contribution in [0.1, 0.15) is 37.6 Å². The first-order valence-corrected chi connectivity index (χ1v) is 9.05. The van der Waals surface area contributed by atoms with Crippen LogP contribution in [-0.2, 0) is 14.3 Å². The summed E-state index contributed by atoms with van der Waals surface area (Å²) in [6.07, 6.45) is -0.120. The van der Waals surface area contributed by atoms with Gasteiger partial charge in [0.05, 0.1) is 17.2 Å². The van der Waals surface area contributed by atoms with E-state index in [1.165, 1.54) is 4.90 Å². The molecule has 2 atom stereocenters. The van der Waals surface area contributed by atoms with E-state index in [9.17, 15) is 19.5 Å². The monoisotopic (exact) mass is 378 g/mol. The van der Waals surface area contributed by atoms with Crippen LogP contribution in [0.4, 0.5) is 5.69 Å². The van der Waals surface area contributed by atoms with Gasteiger partial charge in [0.2, 0.25) is 0 Å². The number of anilines is 1. The molecule has 0 saturated heterocycles. The van der Waals surface area contributed by atoms with Gasteiger partial charge in [-0.2, -0.15) is 0 Å². The molecule has 0 radical (unpaired) electrons. The molecule has 1 aliphatic rings. The van der Waals surface area contributed by atoms with Gasteiger partial charge < -0.3 is 24.8 Å². The third kappa shape index (κ3) is 5.19. The van der Waals surface area contributed by atoms with Gasteiger partial charge in [0.1, 0.15) is 0 Å². The van der Waals surface area contributed by atoms with E-state index in [-0.39, 0.29) is 18.4 Å². The van der Waals surface area contributed by atoms with Gasteiger partial charge in [-0.05, 0) is 32.4 Å². The number of carboxylic acid groups (broad SMARTS) is 1. The molecule has 8 nitrogen and oxygen atoms in total. The maximum Gasteiger partial charge on any atom is 0.308 e. The number of amides is 2. The van der Waals surface area contributed by atoms with Crippen LogP contribution in [0.5, 0.6) is 5.75 Å². The van der Waals surface area contributed by atoms with Crippen molar-refractivity contribution < 1.29 is 29.0 Å². The van der Waals surface area contributed by atoms with Crippen LogP contribution in [0.25, 0.3) is 0 Å². The SMILES string of the molecule is CCOCCCN(CC(C)C(=O)O)C(=O)c1cccc2c1OC(C)C(=O)N2. The van der Waals surface area contributed by atoms with Gasteiger partial charge in [0.25, 0.3) is 11.8 Å². The van der Waals surface area contributed by atoms with E-state index in [4.69, 9.17) is 9.47 Å². The molecule has 148 valence electrons. The number of hydrogen-bond donors (Lipinski definition) is 2. The van der Waals surface area contributed by atoms with Crippen molar-refractivity contribution in [3.8, 4) is 5.75 Å². The Bertz CT molecular complexity index is 705. The molecule has 0 aliphatic carbocycles. The van der Waals surface area contributed by atoms with Crippen LogP contribution in [-0.4, -0.2) is 60.2 Å². The lowest BCUT2D eigenvalue weighted by Gasteiger charge is -2.28. The maximum absolute atomic E-state index is 13.1. The lowest BCUT2D eigenvalue weighted by Crippen LogP contribution is -2.39. The number of carbonyl (C=O) groups is 3. The smallest absolute Gasteiger partial charge is 0.308 e. The quantitative estimate of drug-likeness (QED) is 0.637. The number of para-hydroxylation sites is 1. The summed E-state index contributed by atoms with van der Waals surface area (Å²) in [5.74, 6) is -1.97. The van der Waals surface area contributed by atoms with Crippen LogP contribution in [0.15, 0.2) is 18.2 Å². The summed E-state index contributed by atoms with van der Waals surface area (Å²) in [4.78, 5) is 37.7. The summed E-state index contributed by atoms with van der Waals surface area (Å²) >= 11 is 0. The standard InChI is InChI=1S/C19H26N2O6/c1-4-26-10-6-9-21(11-12(2)19(24)25)18(23)14-7-5-8-15-16(14)27-13(3)17(22)20-15/h5,7-8,12-13H,4,6,9-11H2,1-3H3,(H,20,22)(H,24,25). The Morgan fingerprint density at radius 3 is 2.81 bits per heavy atom. The summed E-state index contributed by atoms with van der Waals surface area (Å²) in [6.45, 7) is 6.55. The zero-order chi connectivity index (χ0) is 20.0. The molecule has 1 aromatic carbocycles. The fourth-order valence-corrected chi connectivity index (χ4v) is 2.75. The Labute approximate surface area is 158 Å². The molecule has 1 heterocycles. The number of aliphatic carboxylic acids is 1. The summed E-state index contributed by atoms with van der Waals surface area (Å²) in [7, 11) is 0. The van der Waals surface area contributed by atoms with Gasteiger partial charge in [-0.1, -0.05) is 13.0 Å². The average molecular weight is 378 g/mol. The van der Waals surface area contributed by atoms with Gasteiger partial charge in [-0.25, -0.2) is 0 Å². The Morgan fingerprint density at radius 1 is 1.41 bits per heavy atom. The van der Waals surface area contributed by atoms with E-state index in [2.05, 4.69) is 5.32 Å². The molecule has 2 amide bonds. The van der Waals surface area contributed by atoms with Crippen LogP contribution in [0.3, 0.4) is 0 Å². The zero-order valence-corrected chi connectivity index (χ0v) is 15.9. The van der Waals surface area contributed by atoms with E-state index in [1.54, 1.807) is 32.0 Å². The molecule has 8 heteroatoms. The highest BCUT2D eigenvalue weighted by molar-refractivity contribution is 6.04. The number of carbonyl (C=O) groups excluding carboxylic acids is 2. The molecule has 0 aromatic heterocycles. The average Bonchev–Trinajstić information content (AvgIpc) is 2.64. The molecule has 27 heavy (non-hydrogen) atoms. The highest BCUT2D eigenvalue weighted by atomic mass is 16.5. The molecule has 0 bridgehead atoms. The summed E-state index contributed by atoms with van der Waals surface area (Å²) in [6, 6.07) is 4.94. The number of rotatable bonds is 9. The third-order valence-corrected chi connectivity index (χ3v) is 4.29. The second kappa shape index (κ2) is 9.36. The number of ether oxygens (including phenoxy) is 2. The number of fused-ring (bicyclic) bond motifs is 1. The highest BCUT2D eigenvalue weighted by Crippen LogP contribution is 2.34. The third-order valence-electron chi connectivity index (χ3n) is 4.29. The lowest BCUT2D eigenvalue weighted by atomic mass is 10.1. The molecule has 1 aliphatic heterocycles. The van der Waals surface area contributed by atoms with E-state index < -0.39 is 18.0 Å². The number of benzene rings is 1. The van der Waals surface area contributed by atoms with E-state index in [0.717, 1.165) is 0 Å². The molecule has 2 unspecified atom stereocenters. The van der Waals surface area contributed by atoms with Gasteiger partial charge in [-0.15, -0.1) is 0 Å². The van der Waals surface area contributed by atoms with E-state index in [0.29, 0.717) is 43.2 Å². The van der Waals surface area contributed by atoms with Crippen LogP contribution < -0.4 is 10.1 Å². The summed E-state index contributed by atoms with van der Waals surface area (Å²) in [5.41, 5.74) is 0.734. The van der Waals surface area contributed by atoms with Crippen LogP contribution >= 0.6 is 0 Å². The fraction of sp³-hybridized carbons (Fsp3) is 0.526. The molecule has 2 rings (SSSR count). The van der Waals surface area contributed by atoms with E-state index >= 15 is 0 Å². The molecule has 0 saturated carbocycles. The van der Waals surface area contributed by atoms with Crippen molar-refractivity contribution in [3.63, 3.8) is 0 Å². The van der Waals surface area contributed by atoms with Crippen molar-refractivity contribution in [2.75, 3.05) is 31.6 Å². The molecule has 1 aromatic rings. The maximum atomic E-state index is 13.1. The largest absolute Gasteiger partial charge is 0.481 e. The predicted octanol–water partition coefficient (Wildman–Crippen LogP) is 2.00. The first kappa shape index (κ1) is 20.7. The molecular formula is C19H26N2O6. The van der Waals surface area contributed by atoms with Crippen molar-refractivity contribution in [2.24, 2.45) is 5.92 Å². The summed E-state index contributed by atoms with van der Waals surface area (Å²) < 4.78 is 11.0. The molecule has 2 N–H and O–H groups in total. The fourth-order valence-electron chi connectivity index (χ4n) is 2.75. The minimum atomic E-state index is -0.968. The minimum Gasteiger partial charge on any atom is -0.481 e. The number of nitrogens with zero attached hydrogens (tertiary/aromatic N) is 1. The second-order valence-electron chi connectivity index (χ2n) is 6.47. The number of carboxylic acids is 1. The molecule has 0 spiro atoms. The Kier molecular flexibility index (Phi) is 7.18. The number of nitrogens with one attached hydrogen (secondary N) is 1. The van der Waals surface area contributed by atoms with Crippen molar-refractivity contribution in [3.05, 3.63) is 23.8 Å². The highest BCUT2D eigenvalue weighted by Gasteiger charge is 2.30. The van der Waals surface area contributed by atoms with Crippen molar-refractivity contribution >= 4 is 23.5 Å².